The molecular formula is C19H17ClFN3O3S2. The number of benzene rings is 2. The van der Waals surface area contributed by atoms with Crippen molar-refractivity contribution in [2.75, 3.05) is 31.9 Å². The van der Waals surface area contributed by atoms with Crippen LogP contribution in [0.15, 0.2) is 52.3 Å². The fraction of sp³-hybridized carbons (Fsp3) is 0.263. The largest absolute Gasteiger partial charge is 0.339 e. The predicted octanol–water partition coefficient (Wildman–Crippen LogP) is 2.98. The fourth-order valence-electron chi connectivity index (χ4n) is 2.90. The lowest BCUT2D eigenvalue weighted by atomic mass is 10.2. The molecule has 6 nitrogen and oxygen atoms in total. The van der Waals surface area contributed by atoms with Crippen molar-refractivity contribution in [3.63, 3.8) is 0 Å². The minimum Gasteiger partial charge on any atom is -0.339 e. The summed E-state index contributed by atoms with van der Waals surface area (Å²) in [6, 6.07) is 12.2. The van der Waals surface area contributed by atoms with Gasteiger partial charge in [0.25, 0.3) is 0 Å². The van der Waals surface area contributed by atoms with Crippen LogP contribution in [-0.2, 0) is 14.8 Å². The average Bonchev–Trinajstić information content (AvgIpc) is 2.74. The maximum atomic E-state index is 13.2. The van der Waals surface area contributed by atoms with Gasteiger partial charge in [-0.3, -0.25) is 4.79 Å². The molecule has 0 aromatic heterocycles. The lowest BCUT2D eigenvalue weighted by Crippen LogP contribution is -2.51. The molecule has 0 radical (unpaired) electrons. The molecule has 1 aliphatic rings. The molecule has 0 bridgehead atoms. The number of rotatable bonds is 5. The maximum absolute atomic E-state index is 13.2. The van der Waals surface area contributed by atoms with E-state index in [4.69, 9.17) is 16.9 Å². The zero-order chi connectivity index (χ0) is 21.0. The monoisotopic (exact) mass is 453 g/mol. The third kappa shape index (κ3) is 4.90. The summed E-state index contributed by atoms with van der Waals surface area (Å²) in [6.07, 6.45) is 0. The molecule has 2 aromatic rings. The van der Waals surface area contributed by atoms with E-state index in [1.54, 1.807) is 23.1 Å². The van der Waals surface area contributed by atoms with Gasteiger partial charge in [0.2, 0.25) is 15.9 Å². The van der Waals surface area contributed by atoms with E-state index in [1.807, 2.05) is 6.07 Å². The first kappa shape index (κ1) is 21.6. The second-order valence-corrected chi connectivity index (χ2v) is 9.62. The highest BCUT2D eigenvalue weighted by Gasteiger charge is 2.31. The van der Waals surface area contributed by atoms with Gasteiger partial charge in [-0.1, -0.05) is 23.7 Å². The molecule has 0 spiro atoms. The van der Waals surface area contributed by atoms with Crippen LogP contribution in [-0.4, -0.2) is 55.5 Å². The molecule has 1 saturated heterocycles. The van der Waals surface area contributed by atoms with Gasteiger partial charge >= 0.3 is 0 Å². The van der Waals surface area contributed by atoms with Gasteiger partial charge in [-0.25, -0.2) is 12.8 Å². The summed E-state index contributed by atoms with van der Waals surface area (Å²) in [4.78, 5) is 14.7. The molecule has 0 saturated carbocycles. The number of sulfonamides is 1. The summed E-state index contributed by atoms with van der Waals surface area (Å²) in [5.74, 6) is -0.506. The fourth-order valence-corrected chi connectivity index (χ4v) is 5.55. The van der Waals surface area contributed by atoms with E-state index in [9.17, 15) is 17.6 Å². The number of amides is 1. The highest BCUT2D eigenvalue weighted by atomic mass is 35.5. The van der Waals surface area contributed by atoms with Crippen molar-refractivity contribution in [3.05, 3.63) is 58.9 Å². The molecule has 0 unspecified atom stereocenters. The van der Waals surface area contributed by atoms with E-state index in [0.29, 0.717) is 4.90 Å². The predicted molar refractivity (Wildman–Crippen MR) is 109 cm³/mol. The van der Waals surface area contributed by atoms with E-state index in [1.165, 1.54) is 40.3 Å². The molecule has 2 aromatic carbocycles. The van der Waals surface area contributed by atoms with Gasteiger partial charge in [-0.2, -0.15) is 9.57 Å². The van der Waals surface area contributed by atoms with Crippen molar-refractivity contribution in [3.8, 4) is 6.07 Å². The van der Waals surface area contributed by atoms with Crippen LogP contribution in [0.4, 0.5) is 4.39 Å². The van der Waals surface area contributed by atoms with Crippen molar-refractivity contribution < 1.29 is 17.6 Å². The Kier molecular flexibility index (Phi) is 6.80. The number of nitriles is 1. The highest BCUT2D eigenvalue weighted by Crippen LogP contribution is 2.25. The summed E-state index contributed by atoms with van der Waals surface area (Å²) in [5, 5.41) is 9.16. The van der Waals surface area contributed by atoms with E-state index >= 15 is 0 Å². The smallest absolute Gasteiger partial charge is 0.244 e. The molecule has 1 aliphatic heterocycles. The van der Waals surface area contributed by atoms with Crippen molar-refractivity contribution in [1.29, 1.82) is 5.26 Å². The molecule has 0 N–H and O–H groups in total. The Morgan fingerprint density at radius 3 is 2.52 bits per heavy atom. The first-order valence-electron chi connectivity index (χ1n) is 8.68. The number of hydrogen-bond donors (Lipinski definition) is 0. The molecule has 0 aliphatic carbocycles. The Morgan fingerprint density at radius 2 is 1.86 bits per heavy atom. The van der Waals surface area contributed by atoms with Crippen LogP contribution < -0.4 is 0 Å². The van der Waals surface area contributed by atoms with Crippen LogP contribution in [0.25, 0.3) is 0 Å². The molecule has 1 amide bonds. The molecular weight excluding hydrogens is 437 g/mol. The number of carbonyl (C=O) groups excluding carboxylic acids is 1. The zero-order valence-corrected chi connectivity index (χ0v) is 17.6. The molecule has 1 heterocycles. The number of carbonyl (C=O) groups is 1. The second-order valence-electron chi connectivity index (χ2n) is 6.26. The standard InChI is InChI=1S/C19H17ClFN3O3S2/c20-16-11-15(5-6-17(16)21)28-13-19(25)23-7-9-24(10-8-23)29(26,27)18-4-2-1-3-14(18)12-22/h1-6,11H,7-10,13H2. The first-order chi connectivity index (χ1) is 13.8. The summed E-state index contributed by atoms with van der Waals surface area (Å²) in [6.45, 7) is 0.830. The Labute approximate surface area is 177 Å². The molecule has 152 valence electrons. The van der Waals surface area contributed by atoms with Gasteiger partial charge in [-0.15, -0.1) is 11.8 Å². The van der Waals surface area contributed by atoms with E-state index < -0.39 is 15.8 Å². The van der Waals surface area contributed by atoms with Crippen molar-refractivity contribution in [2.24, 2.45) is 0 Å². The Hall–Kier alpha value is -2.12. The van der Waals surface area contributed by atoms with E-state index in [0.717, 1.165) is 0 Å². The van der Waals surface area contributed by atoms with Gasteiger partial charge in [0.05, 0.1) is 21.2 Å². The number of thioether (sulfide) groups is 1. The topological polar surface area (TPSA) is 81.5 Å². The average molecular weight is 454 g/mol. The van der Waals surface area contributed by atoms with Crippen molar-refractivity contribution in [1.82, 2.24) is 9.21 Å². The molecule has 29 heavy (non-hydrogen) atoms. The van der Waals surface area contributed by atoms with Crippen LogP contribution in [0.3, 0.4) is 0 Å². The normalized spacial score (nSPS) is 15.1. The van der Waals surface area contributed by atoms with Crippen molar-refractivity contribution in [2.45, 2.75) is 9.79 Å². The van der Waals surface area contributed by atoms with Gasteiger partial charge in [-0.05, 0) is 30.3 Å². The molecule has 0 atom stereocenters. The van der Waals surface area contributed by atoms with Gasteiger partial charge in [0, 0.05) is 31.1 Å². The maximum Gasteiger partial charge on any atom is 0.244 e. The summed E-state index contributed by atoms with van der Waals surface area (Å²) < 4.78 is 40.2. The lowest BCUT2D eigenvalue weighted by Gasteiger charge is -2.34. The summed E-state index contributed by atoms with van der Waals surface area (Å²) in [7, 11) is -3.80. The number of piperazine rings is 1. The zero-order valence-electron chi connectivity index (χ0n) is 15.2. The summed E-state index contributed by atoms with van der Waals surface area (Å²) in [5.41, 5.74) is 0.0976. The highest BCUT2D eigenvalue weighted by molar-refractivity contribution is 8.00. The lowest BCUT2D eigenvalue weighted by molar-refractivity contribution is -0.129. The number of halogens is 2. The molecule has 1 fully saturated rings. The van der Waals surface area contributed by atoms with Crippen LogP contribution in [0.5, 0.6) is 0 Å². The minimum absolute atomic E-state index is 0.001000. The van der Waals surface area contributed by atoms with Gasteiger partial charge in [0.1, 0.15) is 11.9 Å². The molecule has 3 rings (SSSR count). The minimum atomic E-state index is -3.80. The number of hydrogen-bond acceptors (Lipinski definition) is 5. The number of nitrogens with zero attached hydrogens (tertiary/aromatic N) is 3. The third-order valence-corrected chi connectivity index (χ3v) is 7.70. The molecule has 10 heteroatoms. The van der Waals surface area contributed by atoms with Gasteiger partial charge < -0.3 is 4.90 Å². The van der Waals surface area contributed by atoms with Crippen LogP contribution >= 0.6 is 23.4 Å². The van der Waals surface area contributed by atoms with Crippen LogP contribution in [0.2, 0.25) is 5.02 Å². The van der Waals surface area contributed by atoms with Gasteiger partial charge in [0.15, 0.2) is 0 Å². The Bertz CT molecular complexity index is 1060. The SMILES string of the molecule is N#Cc1ccccc1S(=O)(=O)N1CCN(C(=O)CSc2ccc(F)c(Cl)c2)CC1. The van der Waals surface area contributed by atoms with E-state index in [2.05, 4.69) is 0 Å². The Morgan fingerprint density at radius 1 is 1.17 bits per heavy atom. The second kappa shape index (κ2) is 9.13. The van der Waals surface area contributed by atoms with E-state index in [-0.39, 0.29) is 53.3 Å². The van der Waals surface area contributed by atoms with Crippen molar-refractivity contribution >= 4 is 39.3 Å². The first-order valence-corrected chi connectivity index (χ1v) is 11.5. The van der Waals surface area contributed by atoms with Crippen LogP contribution in [0.1, 0.15) is 5.56 Å². The summed E-state index contributed by atoms with van der Waals surface area (Å²) >= 11 is 6.99. The third-order valence-electron chi connectivity index (χ3n) is 4.47. The quantitative estimate of drug-likeness (QED) is 0.650. The van der Waals surface area contributed by atoms with Crippen LogP contribution in [0, 0.1) is 17.1 Å². The Balaban J connectivity index is 1.59.